The molecular weight excluding hydrogens is 334 g/mol. The Bertz CT molecular complexity index is 913. The molecule has 0 unspecified atom stereocenters. The minimum atomic E-state index is -0.595. The number of aryl methyl sites for hydroxylation is 1. The number of pyridine rings is 1. The van der Waals surface area contributed by atoms with E-state index in [4.69, 9.17) is 0 Å². The maximum absolute atomic E-state index is 12.8. The molecule has 3 N–H and O–H groups in total. The number of aromatic amines is 1. The molecule has 0 saturated carbocycles. The number of hydrogen-bond acceptors (Lipinski definition) is 5. The van der Waals surface area contributed by atoms with E-state index >= 15 is 0 Å². The Morgan fingerprint density at radius 3 is 2.54 bits per heavy atom. The summed E-state index contributed by atoms with van der Waals surface area (Å²) in [5, 5.41) is 6.21. The van der Waals surface area contributed by atoms with Crippen LogP contribution in [0, 0.1) is 0 Å². The molecule has 26 heavy (non-hydrogen) atoms. The molecule has 0 radical (unpaired) electrons. The number of carbonyl (C=O) groups is 1. The van der Waals surface area contributed by atoms with Crippen LogP contribution in [0.4, 0.5) is 0 Å². The highest BCUT2D eigenvalue weighted by Crippen LogP contribution is 2.19. The van der Waals surface area contributed by atoms with Crippen LogP contribution >= 0.6 is 0 Å². The first-order chi connectivity index (χ1) is 12.3. The maximum atomic E-state index is 12.8. The summed E-state index contributed by atoms with van der Waals surface area (Å²) in [6.45, 7) is 11.2. The number of aromatic nitrogens is 3. The van der Waals surface area contributed by atoms with E-state index in [1.54, 1.807) is 13.0 Å². The van der Waals surface area contributed by atoms with E-state index in [0.29, 0.717) is 18.8 Å². The Balaban J connectivity index is 2.62. The average Bonchev–Trinajstić information content (AvgIpc) is 2.59. The second-order valence-corrected chi connectivity index (χ2v) is 6.62. The highest BCUT2D eigenvalue weighted by Gasteiger charge is 2.20. The standard InChI is InChI=1S/C18H27N5O3/c1-6-19-11(5)9-20-16(24)12-8-13(10(3)4)21-15-14(12)17(25)22-18(26)23(15)7-2/h8,10-11,19H,6-7,9H2,1-5H3,(H,20,24)(H,22,25,26)/t11-/m1/s1. The van der Waals surface area contributed by atoms with E-state index in [9.17, 15) is 14.4 Å². The second-order valence-electron chi connectivity index (χ2n) is 6.62. The van der Waals surface area contributed by atoms with Gasteiger partial charge in [-0.2, -0.15) is 0 Å². The predicted octanol–water partition coefficient (Wildman–Crippen LogP) is 0.956. The van der Waals surface area contributed by atoms with Crippen LogP contribution in [0.15, 0.2) is 15.7 Å². The molecule has 2 rings (SSSR count). The van der Waals surface area contributed by atoms with E-state index in [1.165, 1.54) is 4.57 Å². The first kappa shape index (κ1) is 19.8. The van der Waals surface area contributed by atoms with Crippen molar-refractivity contribution in [1.29, 1.82) is 0 Å². The van der Waals surface area contributed by atoms with Crippen molar-refractivity contribution in [2.24, 2.45) is 0 Å². The lowest BCUT2D eigenvalue weighted by Crippen LogP contribution is -2.39. The molecule has 0 saturated heterocycles. The molecule has 0 aliphatic heterocycles. The second kappa shape index (κ2) is 8.27. The smallest absolute Gasteiger partial charge is 0.329 e. The lowest BCUT2D eigenvalue weighted by Gasteiger charge is -2.16. The summed E-state index contributed by atoms with van der Waals surface area (Å²) in [5.74, 6) is -0.304. The SMILES string of the molecule is CCN[C@H](C)CNC(=O)c1cc(C(C)C)nc2c1c(=O)[nH]c(=O)n2CC. The third-order valence-corrected chi connectivity index (χ3v) is 4.24. The summed E-state index contributed by atoms with van der Waals surface area (Å²) in [6.07, 6.45) is 0. The van der Waals surface area contributed by atoms with Gasteiger partial charge in [0.1, 0.15) is 0 Å². The van der Waals surface area contributed by atoms with Crippen LogP contribution in [0.5, 0.6) is 0 Å². The number of carbonyl (C=O) groups excluding carboxylic acids is 1. The monoisotopic (exact) mass is 361 g/mol. The van der Waals surface area contributed by atoms with E-state index in [1.807, 2.05) is 27.7 Å². The van der Waals surface area contributed by atoms with Crippen molar-refractivity contribution in [3.8, 4) is 0 Å². The van der Waals surface area contributed by atoms with Crippen molar-refractivity contribution < 1.29 is 4.79 Å². The molecule has 1 atom stereocenters. The van der Waals surface area contributed by atoms with E-state index < -0.39 is 11.2 Å². The van der Waals surface area contributed by atoms with Gasteiger partial charge in [-0.05, 0) is 32.4 Å². The lowest BCUT2D eigenvalue weighted by molar-refractivity contribution is 0.0951. The molecule has 0 aromatic carbocycles. The molecule has 0 aliphatic carbocycles. The zero-order valence-electron chi connectivity index (χ0n) is 16.0. The topological polar surface area (TPSA) is 109 Å². The fraction of sp³-hybridized carbons (Fsp3) is 0.556. The molecule has 0 spiro atoms. The first-order valence-electron chi connectivity index (χ1n) is 8.99. The summed E-state index contributed by atoms with van der Waals surface area (Å²) in [5.41, 5.74) is 0.0330. The molecule has 1 amide bonds. The van der Waals surface area contributed by atoms with Gasteiger partial charge in [-0.1, -0.05) is 20.8 Å². The van der Waals surface area contributed by atoms with Gasteiger partial charge in [-0.15, -0.1) is 0 Å². The van der Waals surface area contributed by atoms with Crippen molar-refractivity contribution in [2.75, 3.05) is 13.1 Å². The van der Waals surface area contributed by atoms with Gasteiger partial charge in [0.05, 0.1) is 10.9 Å². The summed E-state index contributed by atoms with van der Waals surface area (Å²) in [6, 6.07) is 1.74. The summed E-state index contributed by atoms with van der Waals surface area (Å²) >= 11 is 0. The van der Waals surface area contributed by atoms with Crippen LogP contribution in [0.3, 0.4) is 0 Å². The predicted molar refractivity (Wildman–Crippen MR) is 102 cm³/mol. The number of nitrogens with one attached hydrogen (secondary N) is 3. The van der Waals surface area contributed by atoms with Crippen LogP contribution in [-0.4, -0.2) is 39.6 Å². The summed E-state index contributed by atoms with van der Waals surface area (Å²) in [7, 11) is 0. The minimum absolute atomic E-state index is 0.0475. The molecule has 0 aliphatic rings. The first-order valence-corrected chi connectivity index (χ1v) is 8.99. The van der Waals surface area contributed by atoms with Crippen LogP contribution in [0.2, 0.25) is 0 Å². The highest BCUT2D eigenvalue weighted by molar-refractivity contribution is 6.05. The van der Waals surface area contributed by atoms with Crippen LogP contribution < -0.4 is 21.9 Å². The Labute approximate surface area is 152 Å². The normalized spacial score (nSPS) is 12.5. The van der Waals surface area contributed by atoms with Gasteiger partial charge in [0.15, 0.2) is 5.65 Å². The molecule has 2 aromatic heterocycles. The van der Waals surface area contributed by atoms with Gasteiger partial charge in [0.2, 0.25) is 0 Å². The fourth-order valence-corrected chi connectivity index (χ4v) is 2.82. The van der Waals surface area contributed by atoms with Crippen LogP contribution in [-0.2, 0) is 6.54 Å². The minimum Gasteiger partial charge on any atom is -0.350 e. The third kappa shape index (κ3) is 4.01. The van der Waals surface area contributed by atoms with Crippen molar-refractivity contribution in [2.45, 2.75) is 53.1 Å². The number of H-pyrrole nitrogens is 1. The fourth-order valence-electron chi connectivity index (χ4n) is 2.82. The van der Waals surface area contributed by atoms with Gasteiger partial charge in [0, 0.05) is 24.8 Å². The van der Waals surface area contributed by atoms with E-state index in [-0.39, 0.29) is 34.5 Å². The molecule has 2 aromatic rings. The molecule has 0 fully saturated rings. The quantitative estimate of drug-likeness (QED) is 0.680. The average molecular weight is 361 g/mol. The number of amides is 1. The maximum Gasteiger partial charge on any atom is 0.329 e. The highest BCUT2D eigenvalue weighted by atomic mass is 16.2. The zero-order valence-corrected chi connectivity index (χ0v) is 16.0. The molecule has 8 nitrogen and oxygen atoms in total. The van der Waals surface area contributed by atoms with Crippen molar-refractivity contribution in [1.82, 2.24) is 25.2 Å². The van der Waals surface area contributed by atoms with Gasteiger partial charge >= 0.3 is 5.69 Å². The zero-order chi connectivity index (χ0) is 19.4. The Morgan fingerprint density at radius 2 is 1.96 bits per heavy atom. The largest absolute Gasteiger partial charge is 0.350 e. The van der Waals surface area contributed by atoms with Gasteiger partial charge in [0.25, 0.3) is 11.5 Å². The van der Waals surface area contributed by atoms with E-state index in [0.717, 1.165) is 6.54 Å². The van der Waals surface area contributed by atoms with Crippen molar-refractivity contribution >= 4 is 16.9 Å². The molecular formula is C18H27N5O3. The third-order valence-electron chi connectivity index (χ3n) is 4.24. The van der Waals surface area contributed by atoms with Crippen molar-refractivity contribution in [3.05, 3.63) is 38.2 Å². The summed E-state index contributed by atoms with van der Waals surface area (Å²) in [4.78, 5) is 44.0. The van der Waals surface area contributed by atoms with Gasteiger partial charge < -0.3 is 10.6 Å². The number of likely N-dealkylation sites (N-methyl/N-ethyl adjacent to an activating group) is 1. The molecule has 142 valence electrons. The van der Waals surface area contributed by atoms with Crippen molar-refractivity contribution in [3.63, 3.8) is 0 Å². The van der Waals surface area contributed by atoms with E-state index in [2.05, 4.69) is 20.6 Å². The molecule has 0 bridgehead atoms. The Hall–Kier alpha value is -2.48. The van der Waals surface area contributed by atoms with Gasteiger partial charge in [-0.3, -0.25) is 19.1 Å². The Morgan fingerprint density at radius 1 is 1.27 bits per heavy atom. The van der Waals surface area contributed by atoms with Gasteiger partial charge in [-0.25, -0.2) is 9.78 Å². The number of hydrogen-bond donors (Lipinski definition) is 3. The Kier molecular flexibility index (Phi) is 6.31. The number of fused-ring (bicyclic) bond motifs is 1. The van der Waals surface area contributed by atoms with Crippen LogP contribution in [0.25, 0.3) is 11.0 Å². The lowest BCUT2D eigenvalue weighted by atomic mass is 10.0. The number of rotatable bonds is 7. The molecule has 8 heteroatoms. The number of nitrogens with zero attached hydrogens (tertiary/aromatic N) is 2. The van der Waals surface area contributed by atoms with Crippen LogP contribution in [0.1, 0.15) is 56.6 Å². The summed E-state index contributed by atoms with van der Waals surface area (Å²) < 4.78 is 1.38. The molecule has 2 heterocycles.